The van der Waals surface area contributed by atoms with E-state index in [1.165, 1.54) is 6.07 Å². The third-order valence-electron chi connectivity index (χ3n) is 4.93. The Morgan fingerprint density at radius 1 is 1.20 bits per heavy atom. The summed E-state index contributed by atoms with van der Waals surface area (Å²) >= 11 is 0. The molecule has 3 rings (SSSR count). The van der Waals surface area contributed by atoms with Gasteiger partial charge in [-0.2, -0.15) is 0 Å². The average Bonchev–Trinajstić information content (AvgIpc) is 3.09. The van der Waals surface area contributed by atoms with Gasteiger partial charge in [-0.05, 0) is 51.2 Å². The first-order chi connectivity index (χ1) is 12.0. The van der Waals surface area contributed by atoms with Gasteiger partial charge in [-0.15, -0.1) is 0 Å². The zero-order valence-corrected chi connectivity index (χ0v) is 14.9. The highest BCUT2D eigenvalue weighted by atomic mass is 19.1. The predicted molar refractivity (Wildman–Crippen MR) is 95.7 cm³/mol. The molecule has 2 heterocycles. The van der Waals surface area contributed by atoms with Gasteiger partial charge in [-0.1, -0.05) is 12.1 Å². The molecule has 1 aromatic heterocycles. The lowest BCUT2D eigenvalue weighted by Crippen LogP contribution is -2.44. The molecule has 0 unspecified atom stereocenters. The highest BCUT2D eigenvalue weighted by Gasteiger charge is 2.23. The molecular weight excluding hydrogens is 319 g/mol. The number of likely N-dealkylation sites (tertiary alicyclic amines) is 1. The maximum absolute atomic E-state index is 13.8. The molecule has 5 heteroatoms. The van der Waals surface area contributed by atoms with E-state index in [4.69, 9.17) is 4.42 Å². The van der Waals surface area contributed by atoms with E-state index >= 15 is 0 Å². The molecule has 4 nitrogen and oxygen atoms in total. The van der Waals surface area contributed by atoms with Crippen LogP contribution in [-0.4, -0.2) is 48.9 Å². The topological polar surface area (TPSA) is 36.7 Å². The van der Waals surface area contributed by atoms with Gasteiger partial charge in [0.05, 0.1) is 5.56 Å². The minimum absolute atomic E-state index is 0.168. The number of rotatable bonds is 5. The summed E-state index contributed by atoms with van der Waals surface area (Å²) in [6.07, 6.45) is 3.02. The molecule has 1 fully saturated rings. The zero-order valence-electron chi connectivity index (χ0n) is 14.9. The van der Waals surface area contributed by atoms with Gasteiger partial charge in [0, 0.05) is 32.0 Å². The standard InChI is InChI=1S/C20H25FN2O2/c1-22(2)15-11-13-23(14-12-15)20(24)10-8-16-7-9-19(25-16)17-5-3-4-6-18(17)21/h3-7,9,15H,8,10-14H2,1-2H3. The average molecular weight is 344 g/mol. The van der Waals surface area contributed by atoms with Crippen LogP contribution >= 0.6 is 0 Å². The fraction of sp³-hybridized carbons (Fsp3) is 0.450. The van der Waals surface area contributed by atoms with Crippen LogP contribution in [0.5, 0.6) is 0 Å². The van der Waals surface area contributed by atoms with Crippen LogP contribution in [0.2, 0.25) is 0 Å². The van der Waals surface area contributed by atoms with E-state index in [0.29, 0.717) is 30.2 Å². The number of hydrogen-bond donors (Lipinski definition) is 0. The Labute approximate surface area is 148 Å². The van der Waals surface area contributed by atoms with Crippen LogP contribution in [0, 0.1) is 5.82 Å². The quantitative estimate of drug-likeness (QED) is 0.832. The molecule has 0 bridgehead atoms. The van der Waals surface area contributed by atoms with Crippen LogP contribution in [0.1, 0.15) is 25.0 Å². The van der Waals surface area contributed by atoms with E-state index in [1.54, 1.807) is 24.3 Å². The summed E-state index contributed by atoms with van der Waals surface area (Å²) in [5, 5.41) is 0. The number of nitrogens with zero attached hydrogens (tertiary/aromatic N) is 2. The number of carbonyl (C=O) groups excluding carboxylic acids is 1. The Morgan fingerprint density at radius 3 is 2.60 bits per heavy atom. The maximum atomic E-state index is 13.8. The first-order valence-corrected chi connectivity index (χ1v) is 8.82. The van der Waals surface area contributed by atoms with Crippen molar-refractivity contribution in [3.05, 3.63) is 48.0 Å². The normalized spacial score (nSPS) is 15.8. The predicted octanol–water partition coefficient (Wildman–Crippen LogP) is 3.57. The Morgan fingerprint density at radius 2 is 1.92 bits per heavy atom. The van der Waals surface area contributed by atoms with Gasteiger partial charge in [-0.3, -0.25) is 4.79 Å². The summed E-state index contributed by atoms with van der Waals surface area (Å²) in [4.78, 5) is 16.6. The second-order valence-corrected chi connectivity index (χ2v) is 6.82. The van der Waals surface area contributed by atoms with Crippen LogP contribution in [0.15, 0.2) is 40.8 Å². The summed E-state index contributed by atoms with van der Waals surface area (Å²) in [6, 6.07) is 10.7. The van der Waals surface area contributed by atoms with E-state index in [2.05, 4.69) is 19.0 Å². The van der Waals surface area contributed by atoms with Gasteiger partial charge in [0.15, 0.2) is 0 Å². The number of carbonyl (C=O) groups is 1. The molecule has 25 heavy (non-hydrogen) atoms. The zero-order chi connectivity index (χ0) is 17.8. The van der Waals surface area contributed by atoms with Crippen LogP contribution in [0.4, 0.5) is 4.39 Å². The first-order valence-electron chi connectivity index (χ1n) is 8.82. The van der Waals surface area contributed by atoms with E-state index in [0.717, 1.165) is 31.7 Å². The molecule has 0 radical (unpaired) electrons. The Hall–Kier alpha value is -2.14. The Bertz CT molecular complexity index is 718. The van der Waals surface area contributed by atoms with Crippen molar-refractivity contribution in [2.75, 3.05) is 27.2 Å². The number of halogens is 1. The Balaban J connectivity index is 1.53. The Kier molecular flexibility index (Phi) is 5.53. The van der Waals surface area contributed by atoms with E-state index in [1.807, 2.05) is 11.0 Å². The van der Waals surface area contributed by atoms with Gasteiger partial charge in [0.2, 0.25) is 5.91 Å². The first kappa shape index (κ1) is 17.7. The summed E-state index contributed by atoms with van der Waals surface area (Å²) in [5.74, 6) is 1.09. The molecule has 1 amide bonds. The highest BCUT2D eigenvalue weighted by molar-refractivity contribution is 5.76. The molecule has 1 aliphatic rings. The second kappa shape index (κ2) is 7.83. The van der Waals surface area contributed by atoms with Gasteiger partial charge < -0.3 is 14.2 Å². The molecular formula is C20H25FN2O2. The maximum Gasteiger partial charge on any atom is 0.223 e. The molecule has 0 atom stereocenters. The van der Waals surface area contributed by atoms with Crippen LogP contribution in [-0.2, 0) is 11.2 Å². The largest absolute Gasteiger partial charge is 0.461 e. The highest BCUT2D eigenvalue weighted by Crippen LogP contribution is 2.25. The lowest BCUT2D eigenvalue weighted by atomic mass is 10.0. The molecule has 0 aliphatic carbocycles. The van der Waals surface area contributed by atoms with Gasteiger partial charge in [-0.25, -0.2) is 4.39 Å². The van der Waals surface area contributed by atoms with Crippen molar-refractivity contribution in [2.24, 2.45) is 0 Å². The summed E-state index contributed by atoms with van der Waals surface area (Å²) in [6.45, 7) is 1.64. The molecule has 0 N–H and O–H groups in total. The minimum Gasteiger partial charge on any atom is -0.461 e. The van der Waals surface area contributed by atoms with Crippen molar-refractivity contribution in [3.8, 4) is 11.3 Å². The fourth-order valence-corrected chi connectivity index (χ4v) is 3.34. The van der Waals surface area contributed by atoms with Gasteiger partial charge in [0.25, 0.3) is 0 Å². The molecule has 2 aromatic rings. The smallest absolute Gasteiger partial charge is 0.223 e. The third-order valence-corrected chi connectivity index (χ3v) is 4.93. The summed E-state index contributed by atoms with van der Waals surface area (Å²) in [5.41, 5.74) is 0.450. The number of piperidine rings is 1. The second-order valence-electron chi connectivity index (χ2n) is 6.82. The number of aryl methyl sites for hydroxylation is 1. The molecule has 1 saturated heterocycles. The lowest BCUT2D eigenvalue weighted by Gasteiger charge is -2.35. The third kappa shape index (κ3) is 4.28. The summed E-state index contributed by atoms with van der Waals surface area (Å²) < 4.78 is 19.5. The number of hydrogen-bond acceptors (Lipinski definition) is 3. The molecule has 1 aromatic carbocycles. The SMILES string of the molecule is CN(C)C1CCN(C(=O)CCc2ccc(-c3ccccc3F)o2)CC1. The van der Waals surface area contributed by atoms with E-state index in [-0.39, 0.29) is 11.7 Å². The molecule has 134 valence electrons. The summed E-state index contributed by atoms with van der Waals surface area (Å²) in [7, 11) is 4.18. The minimum atomic E-state index is -0.303. The van der Waals surface area contributed by atoms with Crippen molar-refractivity contribution in [1.82, 2.24) is 9.80 Å². The molecule has 0 spiro atoms. The van der Waals surface area contributed by atoms with E-state index < -0.39 is 0 Å². The van der Waals surface area contributed by atoms with Gasteiger partial charge >= 0.3 is 0 Å². The lowest BCUT2D eigenvalue weighted by molar-refractivity contribution is -0.132. The van der Waals surface area contributed by atoms with E-state index in [9.17, 15) is 9.18 Å². The van der Waals surface area contributed by atoms with Crippen molar-refractivity contribution in [2.45, 2.75) is 31.7 Å². The molecule has 1 aliphatic heterocycles. The number of amides is 1. The van der Waals surface area contributed by atoms with Crippen molar-refractivity contribution < 1.29 is 13.6 Å². The van der Waals surface area contributed by atoms with Crippen molar-refractivity contribution >= 4 is 5.91 Å². The monoisotopic (exact) mass is 344 g/mol. The molecule has 0 saturated carbocycles. The van der Waals surface area contributed by atoms with Crippen molar-refractivity contribution in [1.29, 1.82) is 0 Å². The number of benzene rings is 1. The van der Waals surface area contributed by atoms with Crippen LogP contribution < -0.4 is 0 Å². The number of furan rings is 1. The van der Waals surface area contributed by atoms with Gasteiger partial charge in [0.1, 0.15) is 17.3 Å². The van der Waals surface area contributed by atoms with Crippen LogP contribution in [0.25, 0.3) is 11.3 Å². The fourth-order valence-electron chi connectivity index (χ4n) is 3.34. The van der Waals surface area contributed by atoms with Crippen molar-refractivity contribution in [3.63, 3.8) is 0 Å². The van der Waals surface area contributed by atoms with Crippen LogP contribution in [0.3, 0.4) is 0 Å².